The van der Waals surface area contributed by atoms with Crippen molar-refractivity contribution in [2.45, 2.75) is 20.3 Å². The lowest BCUT2D eigenvalue weighted by atomic mass is 10.1. The SMILES string of the molecule is CC(C)CCNC(=O)CNc1c(Cl)cc(Cl)cc1Cl. The molecule has 1 amide bonds. The topological polar surface area (TPSA) is 41.1 Å². The number of hydrogen-bond donors (Lipinski definition) is 2. The third-order valence-corrected chi connectivity index (χ3v) is 3.29. The molecular formula is C13H17Cl3N2O. The van der Waals surface area contributed by atoms with E-state index in [1.54, 1.807) is 12.1 Å². The van der Waals surface area contributed by atoms with E-state index in [1.165, 1.54) is 0 Å². The summed E-state index contributed by atoms with van der Waals surface area (Å²) in [6.45, 7) is 5.01. The van der Waals surface area contributed by atoms with E-state index in [1.807, 2.05) is 0 Å². The van der Waals surface area contributed by atoms with Gasteiger partial charge in [-0.15, -0.1) is 0 Å². The summed E-state index contributed by atoms with van der Waals surface area (Å²) in [5, 5.41) is 6.98. The average molecular weight is 324 g/mol. The van der Waals surface area contributed by atoms with Gasteiger partial charge in [0.25, 0.3) is 0 Å². The van der Waals surface area contributed by atoms with E-state index in [4.69, 9.17) is 34.8 Å². The quantitative estimate of drug-likeness (QED) is 0.823. The van der Waals surface area contributed by atoms with Crippen molar-refractivity contribution in [2.75, 3.05) is 18.4 Å². The molecule has 2 N–H and O–H groups in total. The van der Waals surface area contributed by atoms with Crippen LogP contribution in [-0.4, -0.2) is 19.0 Å². The molecule has 0 aromatic heterocycles. The normalized spacial score (nSPS) is 10.6. The second kappa shape index (κ2) is 7.83. The first kappa shape index (κ1) is 16.4. The highest BCUT2D eigenvalue weighted by Crippen LogP contribution is 2.33. The molecule has 0 aliphatic heterocycles. The minimum absolute atomic E-state index is 0.0947. The maximum Gasteiger partial charge on any atom is 0.239 e. The van der Waals surface area contributed by atoms with Crippen molar-refractivity contribution < 1.29 is 4.79 Å². The zero-order valence-electron chi connectivity index (χ0n) is 10.9. The molecule has 1 rings (SSSR count). The van der Waals surface area contributed by atoms with E-state index in [9.17, 15) is 4.79 Å². The molecule has 0 saturated heterocycles. The molecular weight excluding hydrogens is 307 g/mol. The third-order valence-electron chi connectivity index (χ3n) is 2.48. The predicted molar refractivity (Wildman–Crippen MR) is 82.4 cm³/mol. The molecule has 106 valence electrons. The van der Waals surface area contributed by atoms with Crippen LogP contribution in [0.3, 0.4) is 0 Å². The molecule has 0 unspecified atom stereocenters. The number of amides is 1. The maximum absolute atomic E-state index is 11.6. The summed E-state index contributed by atoms with van der Waals surface area (Å²) in [6, 6.07) is 3.15. The van der Waals surface area contributed by atoms with Crippen molar-refractivity contribution in [2.24, 2.45) is 5.92 Å². The Hall–Kier alpha value is -0.640. The van der Waals surface area contributed by atoms with Gasteiger partial charge in [-0.05, 0) is 24.5 Å². The molecule has 1 aromatic rings. The summed E-state index contributed by atoms with van der Waals surface area (Å²) in [5.41, 5.74) is 0.520. The van der Waals surface area contributed by atoms with Crippen LogP contribution in [0.25, 0.3) is 0 Å². The van der Waals surface area contributed by atoms with Gasteiger partial charge in [0.2, 0.25) is 5.91 Å². The van der Waals surface area contributed by atoms with Gasteiger partial charge in [-0.1, -0.05) is 48.7 Å². The molecule has 0 bridgehead atoms. The summed E-state index contributed by atoms with van der Waals surface area (Å²) in [6.07, 6.45) is 0.953. The third kappa shape index (κ3) is 5.89. The van der Waals surface area contributed by atoms with Crippen LogP contribution < -0.4 is 10.6 Å². The standard InChI is InChI=1S/C13H17Cl3N2O/c1-8(2)3-4-17-12(19)7-18-13-10(15)5-9(14)6-11(13)16/h5-6,8,18H,3-4,7H2,1-2H3,(H,17,19). The largest absolute Gasteiger partial charge is 0.374 e. The van der Waals surface area contributed by atoms with E-state index in [2.05, 4.69) is 24.5 Å². The maximum atomic E-state index is 11.6. The molecule has 0 heterocycles. The zero-order chi connectivity index (χ0) is 14.4. The lowest BCUT2D eigenvalue weighted by Gasteiger charge is -2.11. The van der Waals surface area contributed by atoms with Gasteiger partial charge in [0, 0.05) is 11.6 Å². The van der Waals surface area contributed by atoms with E-state index in [-0.39, 0.29) is 12.5 Å². The number of carbonyl (C=O) groups excluding carboxylic acids is 1. The number of rotatable bonds is 6. The second-order valence-corrected chi connectivity index (χ2v) is 5.88. The molecule has 0 aliphatic carbocycles. The highest BCUT2D eigenvalue weighted by molar-refractivity contribution is 6.41. The van der Waals surface area contributed by atoms with Crippen LogP contribution in [0.2, 0.25) is 15.1 Å². The Kier molecular flexibility index (Phi) is 6.76. The highest BCUT2D eigenvalue weighted by atomic mass is 35.5. The number of nitrogens with one attached hydrogen (secondary N) is 2. The van der Waals surface area contributed by atoms with E-state index in [0.717, 1.165) is 6.42 Å². The average Bonchev–Trinajstić information content (AvgIpc) is 2.26. The van der Waals surface area contributed by atoms with Gasteiger partial charge in [0.15, 0.2) is 0 Å². The molecule has 0 fully saturated rings. The van der Waals surface area contributed by atoms with Crippen molar-refractivity contribution in [3.05, 3.63) is 27.2 Å². The van der Waals surface area contributed by atoms with Gasteiger partial charge in [-0.2, -0.15) is 0 Å². The van der Waals surface area contributed by atoms with Gasteiger partial charge in [0.05, 0.1) is 22.3 Å². The molecule has 0 radical (unpaired) electrons. The number of benzene rings is 1. The first-order chi connectivity index (χ1) is 8.90. The van der Waals surface area contributed by atoms with Crippen LogP contribution in [0.5, 0.6) is 0 Å². The second-order valence-electron chi connectivity index (χ2n) is 4.63. The number of halogens is 3. The Morgan fingerprint density at radius 2 is 1.79 bits per heavy atom. The summed E-state index contributed by atoms with van der Waals surface area (Å²) >= 11 is 17.8. The Balaban J connectivity index is 2.46. The molecule has 6 heteroatoms. The molecule has 0 saturated carbocycles. The van der Waals surface area contributed by atoms with Crippen LogP contribution in [0, 0.1) is 5.92 Å². The Morgan fingerprint density at radius 3 is 2.32 bits per heavy atom. The fourth-order valence-corrected chi connectivity index (χ4v) is 2.39. The van der Waals surface area contributed by atoms with Gasteiger partial charge >= 0.3 is 0 Å². The Labute approximate surface area is 128 Å². The van der Waals surface area contributed by atoms with Crippen molar-refractivity contribution in [3.63, 3.8) is 0 Å². The van der Waals surface area contributed by atoms with E-state index < -0.39 is 0 Å². The number of carbonyl (C=O) groups is 1. The van der Waals surface area contributed by atoms with Crippen molar-refractivity contribution in [1.29, 1.82) is 0 Å². The van der Waals surface area contributed by atoms with Gasteiger partial charge in [-0.25, -0.2) is 0 Å². The summed E-state index contributed by atoms with van der Waals surface area (Å²) in [7, 11) is 0. The van der Waals surface area contributed by atoms with Crippen molar-refractivity contribution in [3.8, 4) is 0 Å². The molecule has 0 atom stereocenters. The Bertz CT molecular complexity index is 427. The van der Waals surface area contributed by atoms with Gasteiger partial charge < -0.3 is 10.6 Å². The van der Waals surface area contributed by atoms with Crippen molar-refractivity contribution in [1.82, 2.24) is 5.32 Å². The molecule has 0 spiro atoms. The van der Waals surface area contributed by atoms with Crippen LogP contribution in [0.1, 0.15) is 20.3 Å². The fourth-order valence-electron chi connectivity index (χ4n) is 1.44. The molecule has 3 nitrogen and oxygen atoms in total. The highest BCUT2D eigenvalue weighted by Gasteiger charge is 2.09. The van der Waals surface area contributed by atoms with Gasteiger partial charge in [0.1, 0.15) is 0 Å². The lowest BCUT2D eigenvalue weighted by molar-refractivity contribution is -0.119. The fraction of sp³-hybridized carbons (Fsp3) is 0.462. The minimum Gasteiger partial charge on any atom is -0.374 e. The van der Waals surface area contributed by atoms with E-state index in [0.29, 0.717) is 33.2 Å². The van der Waals surface area contributed by atoms with Crippen LogP contribution in [0.4, 0.5) is 5.69 Å². The first-order valence-corrected chi connectivity index (χ1v) is 7.18. The monoisotopic (exact) mass is 322 g/mol. The number of hydrogen-bond acceptors (Lipinski definition) is 2. The first-order valence-electron chi connectivity index (χ1n) is 6.05. The molecule has 19 heavy (non-hydrogen) atoms. The van der Waals surface area contributed by atoms with Crippen LogP contribution in [-0.2, 0) is 4.79 Å². The molecule has 1 aromatic carbocycles. The summed E-state index contributed by atoms with van der Waals surface area (Å²) in [4.78, 5) is 11.6. The molecule has 0 aliphatic rings. The summed E-state index contributed by atoms with van der Waals surface area (Å²) in [5.74, 6) is 0.469. The zero-order valence-corrected chi connectivity index (χ0v) is 13.2. The predicted octanol–water partition coefficient (Wildman–Crippen LogP) is 4.22. The van der Waals surface area contributed by atoms with Crippen LogP contribution in [0.15, 0.2) is 12.1 Å². The van der Waals surface area contributed by atoms with Gasteiger partial charge in [-0.3, -0.25) is 4.79 Å². The van der Waals surface area contributed by atoms with E-state index >= 15 is 0 Å². The Morgan fingerprint density at radius 1 is 1.21 bits per heavy atom. The smallest absolute Gasteiger partial charge is 0.239 e. The van der Waals surface area contributed by atoms with Crippen LogP contribution >= 0.6 is 34.8 Å². The number of anilines is 1. The lowest BCUT2D eigenvalue weighted by Crippen LogP contribution is -2.31. The van der Waals surface area contributed by atoms with Crippen molar-refractivity contribution >= 4 is 46.4 Å². The minimum atomic E-state index is -0.0947. The summed E-state index contributed by atoms with van der Waals surface area (Å²) < 4.78 is 0.